The number of hydrogen-bond donors (Lipinski definition) is 2. The van der Waals surface area contributed by atoms with Gasteiger partial charge in [0, 0.05) is 18.1 Å². The van der Waals surface area contributed by atoms with E-state index in [1.165, 1.54) is 0 Å². The van der Waals surface area contributed by atoms with E-state index in [0.717, 1.165) is 75.3 Å². The lowest BCUT2D eigenvalue weighted by Crippen LogP contribution is -2.44. The maximum atomic E-state index is 12.5. The molecule has 0 aliphatic heterocycles. The van der Waals surface area contributed by atoms with Gasteiger partial charge in [0.05, 0.1) is 6.10 Å². The van der Waals surface area contributed by atoms with Crippen LogP contribution in [-0.2, 0) is 11.2 Å². The van der Waals surface area contributed by atoms with Crippen molar-refractivity contribution in [1.82, 2.24) is 0 Å². The van der Waals surface area contributed by atoms with Crippen molar-refractivity contribution in [1.29, 1.82) is 0 Å². The molecule has 0 amide bonds. The Morgan fingerprint density at radius 1 is 1.17 bits per heavy atom. The number of hydrogen-bond acceptors (Lipinski definition) is 4. The summed E-state index contributed by atoms with van der Waals surface area (Å²) in [6.07, 6.45) is 10.5. The summed E-state index contributed by atoms with van der Waals surface area (Å²) in [6, 6.07) is 3.50. The number of carbonyl (C=O) groups excluding carboxylic acids is 1. The van der Waals surface area contributed by atoms with Crippen LogP contribution in [-0.4, -0.2) is 22.3 Å². The maximum Gasteiger partial charge on any atom is 0.311 e. The Kier molecular flexibility index (Phi) is 5.92. The molecular weight excluding hydrogens is 364 g/mol. The Morgan fingerprint density at radius 3 is 2.79 bits per heavy atom. The Morgan fingerprint density at radius 2 is 2.00 bits per heavy atom. The average molecular weight is 401 g/mol. The summed E-state index contributed by atoms with van der Waals surface area (Å²) in [4.78, 5) is 12.5. The first-order valence-corrected chi connectivity index (χ1v) is 11.7. The Hall–Kier alpha value is -1.55. The highest BCUT2D eigenvalue weighted by Gasteiger charge is 2.54. The van der Waals surface area contributed by atoms with Crippen molar-refractivity contribution in [2.24, 2.45) is 17.3 Å². The minimum atomic E-state index is -0.187. The van der Waals surface area contributed by atoms with Crippen LogP contribution in [0.5, 0.6) is 11.5 Å². The smallest absolute Gasteiger partial charge is 0.311 e. The number of carbonyl (C=O) groups is 1. The first-order chi connectivity index (χ1) is 13.9. The summed E-state index contributed by atoms with van der Waals surface area (Å²) < 4.78 is 5.83. The van der Waals surface area contributed by atoms with Crippen LogP contribution in [0.4, 0.5) is 0 Å². The van der Waals surface area contributed by atoms with Gasteiger partial charge < -0.3 is 14.9 Å². The third kappa shape index (κ3) is 3.81. The topological polar surface area (TPSA) is 66.8 Å². The molecule has 29 heavy (non-hydrogen) atoms. The van der Waals surface area contributed by atoms with Gasteiger partial charge in [0.2, 0.25) is 0 Å². The number of esters is 1. The molecule has 2 fully saturated rings. The molecular formula is C25H36O4. The van der Waals surface area contributed by atoms with Crippen LogP contribution in [0.3, 0.4) is 0 Å². The van der Waals surface area contributed by atoms with Gasteiger partial charge in [0.25, 0.3) is 0 Å². The predicted molar refractivity (Wildman–Crippen MR) is 113 cm³/mol. The zero-order valence-electron chi connectivity index (χ0n) is 18.0. The summed E-state index contributed by atoms with van der Waals surface area (Å²) >= 11 is 0. The Labute approximate surface area is 174 Å². The number of fused-ring (bicyclic) bond motifs is 5. The second-order valence-electron chi connectivity index (χ2n) is 9.85. The highest BCUT2D eigenvalue weighted by atomic mass is 16.5. The molecule has 5 atom stereocenters. The quantitative estimate of drug-likeness (QED) is 0.377. The predicted octanol–water partition coefficient (Wildman–Crippen LogP) is 5.49. The van der Waals surface area contributed by atoms with Gasteiger partial charge in [-0.05, 0) is 79.7 Å². The van der Waals surface area contributed by atoms with Crippen molar-refractivity contribution in [2.45, 2.75) is 96.5 Å². The van der Waals surface area contributed by atoms with Gasteiger partial charge >= 0.3 is 5.97 Å². The van der Waals surface area contributed by atoms with Crippen molar-refractivity contribution in [2.75, 3.05) is 0 Å². The highest BCUT2D eigenvalue weighted by molar-refractivity contribution is 5.73. The van der Waals surface area contributed by atoms with E-state index in [1.807, 2.05) is 6.07 Å². The van der Waals surface area contributed by atoms with Crippen LogP contribution in [0, 0.1) is 17.3 Å². The molecule has 1 aromatic carbocycles. The molecule has 0 unspecified atom stereocenters. The van der Waals surface area contributed by atoms with Crippen molar-refractivity contribution < 1.29 is 19.7 Å². The van der Waals surface area contributed by atoms with Gasteiger partial charge in [-0.2, -0.15) is 0 Å². The highest BCUT2D eigenvalue weighted by Crippen LogP contribution is 2.62. The molecule has 0 heterocycles. The number of ether oxygens (including phenoxy) is 1. The number of benzene rings is 1. The number of phenolic OH excluding ortho intramolecular Hbond substituents is 1. The molecule has 160 valence electrons. The third-order valence-electron chi connectivity index (χ3n) is 8.18. The maximum absolute atomic E-state index is 12.5. The van der Waals surface area contributed by atoms with Gasteiger partial charge in [0.15, 0.2) is 0 Å². The van der Waals surface area contributed by atoms with E-state index in [2.05, 4.69) is 13.8 Å². The summed E-state index contributed by atoms with van der Waals surface area (Å²) in [7, 11) is 0. The largest absolute Gasteiger partial charge is 0.508 e. The molecule has 4 heteroatoms. The zero-order chi connectivity index (χ0) is 20.6. The van der Waals surface area contributed by atoms with Crippen LogP contribution in [0.25, 0.3) is 0 Å². The molecule has 3 aliphatic rings. The molecule has 0 saturated heterocycles. The van der Waals surface area contributed by atoms with E-state index in [4.69, 9.17) is 4.74 Å². The van der Waals surface area contributed by atoms with Crippen molar-refractivity contribution in [3.8, 4) is 11.5 Å². The number of phenols is 1. The van der Waals surface area contributed by atoms with E-state index in [1.54, 1.807) is 6.07 Å². The standard InChI is InChI=1S/C25H36O4/c1-3-4-5-6-7-23(28)29-21-15-17(26)14-16-8-9-18-19(24(16)21)12-13-25(2)20(18)10-11-22(25)27/h14-15,18-20,22,26-27H,3-13H2,1-2H3/t18-,19-,20-,22-,25-/m0/s1. The lowest BCUT2D eigenvalue weighted by atomic mass is 9.55. The van der Waals surface area contributed by atoms with Crippen LogP contribution in [0.1, 0.15) is 95.1 Å². The molecule has 0 spiro atoms. The molecule has 0 radical (unpaired) electrons. The number of rotatable bonds is 6. The number of aliphatic hydroxyl groups is 1. The summed E-state index contributed by atoms with van der Waals surface area (Å²) in [5, 5.41) is 20.8. The normalized spacial score (nSPS) is 32.9. The fourth-order valence-electron chi connectivity index (χ4n) is 6.59. The van der Waals surface area contributed by atoms with Crippen LogP contribution >= 0.6 is 0 Å². The lowest BCUT2D eigenvalue weighted by molar-refractivity contribution is -0.134. The van der Waals surface area contributed by atoms with E-state index < -0.39 is 0 Å². The summed E-state index contributed by atoms with van der Waals surface area (Å²) in [5.41, 5.74) is 2.33. The van der Waals surface area contributed by atoms with Crippen LogP contribution in [0.15, 0.2) is 12.1 Å². The summed E-state index contributed by atoms with van der Waals surface area (Å²) in [5.74, 6) is 2.02. The number of unbranched alkanes of at least 4 members (excludes halogenated alkanes) is 3. The molecule has 0 bridgehead atoms. The zero-order valence-corrected chi connectivity index (χ0v) is 18.0. The monoisotopic (exact) mass is 400 g/mol. The molecule has 4 nitrogen and oxygen atoms in total. The summed E-state index contributed by atoms with van der Waals surface area (Å²) in [6.45, 7) is 4.43. The molecule has 3 aliphatic carbocycles. The van der Waals surface area contributed by atoms with Gasteiger partial charge in [-0.1, -0.05) is 33.1 Å². The Bertz CT molecular complexity index is 757. The number of aliphatic hydroxyl groups excluding tert-OH is 1. The second kappa shape index (κ2) is 8.29. The van der Waals surface area contributed by atoms with E-state index in [-0.39, 0.29) is 23.2 Å². The van der Waals surface area contributed by atoms with Gasteiger partial charge in [-0.3, -0.25) is 4.79 Å². The third-order valence-corrected chi connectivity index (χ3v) is 8.18. The minimum Gasteiger partial charge on any atom is -0.508 e. The van der Waals surface area contributed by atoms with Crippen molar-refractivity contribution in [3.63, 3.8) is 0 Å². The SMILES string of the molecule is CCCCCCC(=O)Oc1cc(O)cc2c1[C@H]1CC[C@]3(C)[C@@H](O)CC[C@H]3[C@H]1CC2. The fraction of sp³-hybridized carbons (Fsp3) is 0.720. The number of aryl methyl sites for hydroxylation is 1. The molecule has 4 rings (SSSR count). The van der Waals surface area contributed by atoms with Gasteiger partial charge in [0.1, 0.15) is 11.5 Å². The second-order valence-corrected chi connectivity index (χ2v) is 9.85. The molecule has 1 aromatic rings. The van der Waals surface area contributed by atoms with Crippen molar-refractivity contribution >= 4 is 5.97 Å². The van der Waals surface area contributed by atoms with Crippen molar-refractivity contribution in [3.05, 3.63) is 23.3 Å². The van der Waals surface area contributed by atoms with E-state index in [9.17, 15) is 15.0 Å². The lowest BCUT2D eigenvalue weighted by Gasteiger charge is -2.50. The minimum absolute atomic E-state index is 0.0334. The number of aromatic hydroxyl groups is 1. The van der Waals surface area contributed by atoms with Gasteiger partial charge in [-0.25, -0.2) is 0 Å². The average Bonchev–Trinajstić information content (AvgIpc) is 2.99. The van der Waals surface area contributed by atoms with E-state index >= 15 is 0 Å². The molecule has 0 aromatic heterocycles. The molecule has 2 saturated carbocycles. The molecule has 2 N–H and O–H groups in total. The van der Waals surface area contributed by atoms with Crippen LogP contribution < -0.4 is 4.74 Å². The first-order valence-electron chi connectivity index (χ1n) is 11.7. The fourth-order valence-corrected chi connectivity index (χ4v) is 6.59. The van der Waals surface area contributed by atoms with E-state index in [0.29, 0.717) is 29.9 Å². The Balaban J connectivity index is 1.56. The first kappa shape index (κ1) is 20.7. The van der Waals surface area contributed by atoms with Crippen LogP contribution in [0.2, 0.25) is 0 Å². The van der Waals surface area contributed by atoms with Gasteiger partial charge in [-0.15, -0.1) is 0 Å².